The maximum absolute atomic E-state index is 5.29. The molecule has 1 aromatic rings. The normalized spacial score (nSPS) is 19.2. The first kappa shape index (κ1) is 11.4. The number of rotatable bonds is 4. The van der Waals surface area contributed by atoms with Gasteiger partial charge in [0.1, 0.15) is 5.75 Å². The summed E-state index contributed by atoms with van der Waals surface area (Å²) in [6.07, 6.45) is 0. The highest BCUT2D eigenvalue weighted by molar-refractivity contribution is 5.39. The summed E-state index contributed by atoms with van der Waals surface area (Å²) in [5.74, 6) is 1.51. The maximum Gasteiger partial charge on any atom is 0.119 e. The molecule has 1 aliphatic heterocycles. The van der Waals surface area contributed by atoms with Gasteiger partial charge in [-0.3, -0.25) is 0 Å². The van der Waals surface area contributed by atoms with E-state index in [1.807, 2.05) is 6.07 Å². The summed E-state index contributed by atoms with van der Waals surface area (Å²) in [4.78, 5) is 0. The number of nitrogens with one attached hydrogen (secondary N) is 2. The van der Waals surface area contributed by atoms with Crippen molar-refractivity contribution in [2.24, 2.45) is 0 Å². The third-order valence-electron chi connectivity index (χ3n) is 3.14. The fraction of sp³-hybridized carbons (Fsp3) is 0.538. The fourth-order valence-electron chi connectivity index (χ4n) is 2.23. The molecule has 0 aliphatic carbocycles. The van der Waals surface area contributed by atoms with Crippen LogP contribution in [0.5, 0.6) is 5.75 Å². The van der Waals surface area contributed by atoms with Crippen molar-refractivity contribution in [1.29, 1.82) is 0 Å². The summed E-state index contributed by atoms with van der Waals surface area (Å²) in [5.41, 5.74) is 2.83. The first-order valence-corrected chi connectivity index (χ1v) is 5.93. The number of methoxy groups -OCH3 is 1. The molecule has 3 nitrogen and oxygen atoms in total. The Morgan fingerprint density at radius 3 is 3.12 bits per heavy atom. The molecule has 1 unspecified atom stereocenters. The van der Waals surface area contributed by atoms with Crippen LogP contribution in [0.2, 0.25) is 0 Å². The molecule has 16 heavy (non-hydrogen) atoms. The second kappa shape index (κ2) is 5.32. The summed E-state index contributed by atoms with van der Waals surface area (Å²) in [6, 6.07) is 6.38. The van der Waals surface area contributed by atoms with Crippen LogP contribution in [0.4, 0.5) is 0 Å². The van der Waals surface area contributed by atoms with Gasteiger partial charge in [-0.15, -0.1) is 0 Å². The van der Waals surface area contributed by atoms with Crippen molar-refractivity contribution in [2.45, 2.75) is 19.4 Å². The highest BCUT2D eigenvalue weighted by Gasteiger charge is 2.19. The smallest absolute Gasteiger partial charge is 0.119 e. The Morgan fingerprint density at radius 2 is 2.38 bits per heavy atom. The Labute approximate surface area is 97.2 Å². The van der Waals surface area contributed by atoms with Crippen molar-refractivity contribution >= 4 is 0 Å². The molecule has 1 aliphatic rings. The molecule has 0 fully saturated rings. The average Bonchev–Trinajstić information content (AvgIpc) is 2.35. The first-order valence-electron chi connectivity index (χ1n) is 5.93. The minimum atomic E-state index is 0.554. The molecule has 1 aromatic carbocycles. The molecule has 2 rings (SSSR count). The van der Waals surface area contributed by atoms with Crippen LogP contribution >= 0.6 is 0 Å². The van der Waals surface area contributed by atoms with Gasteiger partial charge in [0.05, 0.1) is 7.11 Å². The van der Waals surface area contributed by atoms with Gasteiger partial charge in [0.25, 0.3) is 0 Å². The standard InChI is InChI=1S/C13H20N2O/c1-3-14-8-11-9-15-7-10-4-5-12(16-2)6-13(10)11/h4-6,11,14-15H,3,7-9H2,1-2H3. The van der Waals surface area contributed by atoms with Crippen LogP contribution in [0.1, 0.15) is 24.0 Å². The number of ether oxygens (including phenoxy) is 1. The van der Waals surface area contributed by atoms with E-state index >= 15 is 0 Å². The second-order valence-electron chi connectivity index (χ2n) is 4.20. The van der Waals surface area contributed by atoms with E-state index in [1.54, 1.807) is 7.11 Å². The van der Waals surface area contributed by atoms with Gasteiger partial charge in [0.2, 0.25) is 0 Å². The molecular weight excluding hydrogens is 200 g/mol. The molecule has 0 radical (unpaired) electrons. The van der Waals surface area contributed by atoms with Crippen LogP contribution in [0.25, 0.3) is 0 Å². The lowest BCUT2D eigenvalue weighted by atomic mass is 9.90. The Kier molecular flexibility index (Phi) is 3.80. The summed E-state index contributed by atoms with van der Waals surface area (Å²) < 4.78 is 5.29. The van der Waals surface area contributed by atoms with Gasteiger partial charge in [-0.2, -0.15) is 0 Å². The van der Waals surface area contributed by atoms with Gasteiger partial charge in [-0.25, -0.2) is 0 Å². The third-order valence-corrected chi connectivity index (χ3v) is 3.14. The molecule has 0 aromatic heterocycles. The molecule has 3 heteroatoms. The van der Waals surface area contributed by atoms with Crippen LogP contribution < -0.4 is 15.4 Å². The molecule has 0 saturated heterocycles. The minimum absolute atomic E-state index is 0.554. The van der Waals surface area contributed by atoms with Crippen LogP contribution in [0.15, 0.2) is 18.2 Å². The van der Waals surface area contributed by atoms with Gasteiger partial charge < -0.3 is 15.4 Å². The SMILES string of the molecule is CCNCC1CNCc2ccc(OC)cc21. The molecule has 88 valence electrons. The quantitative estimate of drug-likeness (QED) is 0.806. The largest absolute Gasteiger partial charge is 0.497 e. The van der Waals surface area contributed by atoms with Crippen LogP contribution in [-0.4, -0.2) is 26.7 Å². The van der Waals surface area contributed by atoms with Crippen molar-refractivity contribution in [1.82, 2.24) is 10.6 Å². The van der Waals surface area contributed by atoms with E-state index in [9.17, 15) is 0 Å². The van der Waals surface area contributed by atoms with E-state index < -0.39 is 0 Å². The lowest BCUT2D eigenvalue weighted by molar-refractivity contribution is 0.411. The van der Waals surface area contributed by atoms with E-state index in [2.05, 4.69) is 29.7 Å². The van der Waals surface area contributed by atoms with Gasteiger partial charge in [-0.1, -0.05) is 13.0 Å². The minimum Gasteiger partial charge on any atom is -0.497 e. The number of hydrogen-bond donors (Lipinski definition) is 2. The molecule has 0 amide bonds. The van der Waals surface area contributed by atoms with Crippen LogP contribution in [-0.2, 0) is 6.54 Å². The highest BCUT2D eigenvalue weighted by Crippen LogP contribution is 2.27. The molecule has 1 heterocycles. The van der Waals surface area contributed by atoms with Crippen molar-refractivity contribution < 1.29 is 4.74 Å². The average molecular weight is 220 g/mol. The van der Waals surface area contributed by atoms with Gasteiger partial charge in [-0.05, 0) is 29.8 Å². The van der Waals surface area contributed by atoms with Gasteiger partial charge >= 0.3 is 0 Å². The van der Waals surface area contributed by atoms with Crippen LogP contribution in [0.3, 0.4) is 0 Å². The number of benzene rings is 1. The zero-order chi connectivity index (χ0) is 11.4. The number of likely N-dealkylation sites (N-methyl/N-ethyl adjacent to an activating group) is 1. The molecule has 0 bridgehead atoms. The van der Waals surface area contributed by atoms with Crippen molar-refractivity contribution in [3.05, 3.63) is 29.3 Å². The number of fused-ring (bicyclic) bond motifs is 1. The lowest BCUT2D eigenvalue weighted by Crippen LogP contribution is -2.34. The fourth-order valence-corrected chi connectivity index (χ4v) is 2.23. The summed E-state index contributed by atoms with van der Waals surface area (Å²) in [5, 5.41) is 6.87. The van der Waals surface area contributed by atoms with E-state index in [-0.39, 0.29) is 0 Å². The van der Waals surface area contributed by atoms with E-state index in [0.717, 1.165) is 31.9 Å². The van der Waals surface area contributed by atoms with E-state index in [1.165, 1.54) is 11.1 Å². The zero-order valence-corrected chi connectivity index (χ0v) is 10.0. The lowest BCUT2D eigenvalue weighted by Gasteiger charge is -2.27. The maximum atomic E-state index is 5.29. The zero-order valence-electron chi connectivity index (χ0n) is 10.0. The topological polar surface area (TPSA) is 33.3 Å². The predicted molar refractivity (Wildman–Crippen MR) is 66.0 cm³/mol. The van der Waals surface area contributed by atoms with Gasteiger partial charge in [0.15, 0.2) is 0 Å². The molecule has 1 atom stereocenters. The highest BCUT2D eigenvalue weighted by atomic mass is 16.5. The predicted octanol–water partition coefficient (Wildman–Crippen LogP) is 1.49. The summed E-state index contributed by atoms with van der Waals surface area (Å²) in [6.45, 7) is 6.22. The first-order chi connectivity index (χ1) is 7.85. The Balaban J connectivity index is 2.21. The third kappa shape index (κ3) is 2.36. The van der Waals surface area contributed by atoms with Crippen molar-refractivity contribution in [2.75, 3.05) is 26.7 Å². The van der Waals surface area contributed by atoms with Crippen molar-refractivity contribution in [3.63, 3.8) is 0 Å². The molecule has 2 N–H and O–H groups in total. The number of hydrogen-bond acceptors (Lipinski definition) is 3. The molecule has 0 spiro atoms. The Bertz CT molecular complexity index is 352. The van der Waals surface area contributed by atoms with Gasteiger partial charge in [0, 0.05) is 25.6 Å². The van der Waals surface area contributed by atoms with Crippen molar-refractivity contribution in [3.8, 4) is 5.75 Å². The summed E-state index contributed by atoms with van der Waals surface area (Å²) in [7, 11) is 1.72. The Hall–Kier alpha value is -1.06. The van der Waals surface area contributed by atoms with E-state index in [0.29, 0.717) is 5.92 Å². The molecule has 0 saturated carbocycles. The summed E-state index contributed by atoms with van der Waals surface area (Å²) >= 11 is 0. The Morgan fingerprint density at radius 1 is 1.50 bits per heavy atom. The second-order valence-corrected chi connectivity index (χ2v) is 4.20. The van der Waals surface area contributed by atoms with E-state index in [4.69, 9.17) is 4.74 Å². The van der Waals surface area contributed by atoms with Crippen LogP contribution in [0, 0.1) is 0 Å². The monoisotopic (exact) mass is 220 g/mol. The molecular formula is C13H20N2O.